The van der Waals surface area contributed by atoms with Crippen molar-refractivity contribution in [1.82, 2.24) is 35.1 Å². The molecule has 5 N–H and O–H groups in total. The molecular formula is C46H47N13O2. The van der Waals surface area contributed by atoms with E-state index in [0.29, 0.717) is 29.8 Å². The minimum absolute atomic E-state index is 0.151. The van der Waals surface area contributed by atoms with Crippen molar-refractivity contribution in [3.63, 3.8) is 0 Å². The fourth-order valence-electron chi connectivity index (χ4n) is 8.04. The Bertz CT molecular complexity index is 2660. The highest BCUT2D eigenvalue weighted by atomic mass is 16.2. The number of hydrogen-bond donors (Lipinski definition) is 4. The number of piperidine rings is 2. The van der Waals surface area contributed by atoms with E-state index in [1.807, 2.05) is 89.9 Å². The van der Waals surface area contributed by atoms with Gasteiger partial charge in [-0.25, -0.2) is 30.4 Å². The van der Waals surface area contributed by atoms with Gasteiger partial charge in [0, 0.05) is 56.5 Å². The Balaban J connectivity index is 0.000000156. The summed E-state index contributed by atoms with van der Waals surface area (Å²) in [5, 5.41) is 13.2. The molecule has 7 aromatic rings. The zero-order valence-corrected chi connectivity index (χ0v) is 33.7. The van der Waals surface area contributed by atoms with Gasteiger partial charge in [-0.3, -0.25) is 9.59 Å². The summed E-state index contributed by atoms with van der Waals surface area (Å²) < 4.78 is 1.65. The Morgan fingerprint density at radius 3 is 1.95 bits per heavy atom. The normalized spacial score (nSPS) is 16.1. The molecule has 0 saturated carbocycles. The van der Waals surface area contributed by atoms with Crippen molar-refractivity contribution >= 4 is 57.1 Å². The number of aromatic nitrogens is 6. The van der Waals surface area contributed by atoms with E-state index in [9.17, 15) is 9.59 Å². The second-order valence-corrected chi connectivity index (χ2v) is 15.2. The van der Waals surface area contributed by atoms with E-state index in [-0.39, 0.29) is 17.9 Å². The van der Waals surface area contributed by atoms with Crippen LogP contribution in [-0.2, 0) is 6.54 Å². The highest BCUT2D eigenvalue weighted by Gasteiger charge is 2.24. The van der Waals surface area contributed by atoms with E-state index in [1.54, 1.807) is 35.4 Å². The van der Waals surface area contributed by atoms with E-state index in [0.717, 1.165) is 83.9 Å². The number of carbonyl (C=O) groups excluding carboxylic acids is 2. The second-order valence-electron chi connectivity index (χ2n) is 15.2. The average molecular weight is 814 g/mol. The van der Waals surface area contributed by atoms with Gasteiger partial charge in [0.15, 0.2) is 0 Å². The SMILES string of the molecule is NC1CCCN(c2ccccc2NC(=O)c2ccnc(N3NCc4ccccc43)n2)C1.O=C(Nc1ccccc1N1CCCCC1)c1ccnc(-n2ncc3ccccc32)n1. The van der Waals surface area contributed by atoms with Crippen molar-refractivity contribution in [2.45, 2.75) is 44.7 Å². The van der Waals surface area contributed by atoms with Crippen LogP contribution in [0.4, 0.5) is 34.4 Å². The Labute approximate surface area is 353 Å². The molecule has 3 aromatic heterocycles. The maximum atomic E-state index is 13.0. The first kappa shape index (κ1) is 39.2. The molecule has 3 aliphatic rings. The summed E-state index contributed by atoms with van der Waals surface area (Å²) in [4.78, 5) is 48.2. The third-order valence-corrected chi connectivity index (χ3v) is 11.1. The fourth-order valence-corrected chi connectivity index (χ4v) is 8.04. The monoisotopic (exact) mass is 813 g/mol. The third-order valence-electron chi connectivity index (χ3n) is 11.1. The molecule has 0 radical (unpaired) electrons. The first-order valence-electron chi connectivity index (χ1n) is 20.8. The number of carbonyl (C=O) groups is 2. The summed E-state index contributed by atoms with van der Waals surface area (Å²) in [5.41, 5.74) is 16.7. The summed E-state index contributed by atoms with van der Waals surface area (Å²) in [6, 6.07) is 35.0. The summed E-state index contributed by atoms with van der Waals surface area (Å²) in [7, 11) is 0. The van der Waals surface area contributed by atoms with Crippen molar-refractivity contribution in [1.29, 1.82) is 0 Å². The second kappa shape index (κ2) is 17.9. The third kappa shape index (κ3) is 8.74. The van der Waals surface area contributed by atoms with Crippen LogP contribution in [0, 0.1) is 0 Å². The fraction of sp³-hybridized carbons (Fsp3) is 0.239. The molecule has 1 atom stereocenters. The van der Waals surface area contributed by atoms with Gasteiger partial charge in [0.25, 0.3) is 17.8 Å². The van der Waals surface area contributed by atoms with Crippen molar-refractivity contribution in [2.75, 3.05) is 51.6 Å². The summed E-state index contributed by atoms with van der Waals surface area (Å²) in [5.74, 6) is 0.269. The van der Waals surface area contributed by atoms with E-state index in [4.69, 9.17) is 5.73 Å². The number of rotatable bonds is 8. The number of fused-ring (bicyclic) bond motifs is 2. The van der Waals surface area contributed by atoms with Gasteiger partial charge in [0.1, 0.15) is 11.4 Å². The number of hydrogen-bond acceptors (Lipinski definition) is 12. The van der Waals surface area contributed by atoms with Gasteiger partial charge in [-0.15, -0.1) is 0 Å². The van der Waals surface area contributed by atoms with Crippen molar-refractivity contribution in [3.05, 3.63) is 145 Å². The molecule has 2 fully saturated rings. The number of hydrazine groups is 1. The van der Waals surface area contributed by atoms with Crippen molar-refractivity contribution in [3.8, 4) is 5.95 Å². The van der Waals surface area contributed by atoms with Crippen molar-refractivity contribution in [2.24, 2.45) is 5.73 Å². The van der Waals surface area contributed by atoms with Crippen LogP contribution in [0.5, 0.6) is 0 Å². The van der Waals surface area contributed by atoms with Crippen LogP contribution in [0.1, 0.15) is 58.6 Å². The van der Waals surface area contributed by atoms with Crippen LogP contribution < -0.4 is 36.6 Å². The first-order valence-corrected chi connectivity index (χ1v) is 20.8. The Hall–Kier alpha value is -7.23. The van der Waals surface area contributed by atoms with Crippen LogP contribution in [0.25, 0.3) is 16.9 Å². The van der Waals surface area contributed by atoms with Gasteiger partial charge < -0.3 is 26.2 Å². The van der Waals surface area contributed by atoms with Gasteiger partial charge in [0.2, 0.25) is 5.95 Å². The number of nitrogens with zero attached hydrogens (tertiary/aromatic N) is 9. The molecule has 1 unspecified atom stereocenters. The van der Waals surface area contributed by atoms with E-state index in [2.05, 4.69) is 63.0 Å². The lowest BCUT2D eigenvalue weighted by Gasteiger charge is -2.33. The zero-order valence-electron chi connectivity index (χ0n) is 33.7. The number of anilines is 6. The van der Waals surface area contributed by atoms with Gasteiger partial charge in [-0.05, 0) is 86.2 Å². The maximum absolute atomic E-state index is 13.0. The molecule has 3 aliphatic heterocycles. The molecule has 0 bridgehead atoms. The van der Waals surface area contributed by atoms with Crippen LogP contribution in [0.3, 0.4) is 0 Å². The quantitative estimate of drug-likeness (QED) is 0.126. The maximum Gasteiger partial charge on any atom is 0.274 e. The summed E-state index contributed by atoms with van der Waals surface area (Å²) in [6.45, 7) is 4.43. The van der Waals surface area contributed by atoms with Crippen LogP contribution >= 0.6 is 0 Å². The van der Waals surface area contributed by atoms with Gasteiger partial charge in [0.05, 0.1) is 40.2 Å². The summed E-state index contributed by atoms with van der Waals surface area (Å²) >= 11 is 0. The molecule has 61 heavy (non-hydrogen) atoms. The Morgan fingerprint density at radius 1 is 0.639 bits per heavy atom. The first-order chi connectivity index (χ1) is 30.0. The molecule has 15 heteroatoms. The topological polar surface area (TPSA) is 175 Å². The standard InChI is InChI=1S/C23H25N7O.C23H22N6O/c24-17-7-5-13-29(15-17)21-10-4-2-8-18(21)27-22(31)19-11-12-25-23(28-19)30-20-9-3-1-6-16(20)14-26-30;30-22(26-18-9-3-5-11-21(18)28-14-6-1-7-15-28)19-12-13-24-23(27-19)29-20-10-4-2-8-17(20)16-25-29/h1-4,6,8-12,17,26H,5,7,13-15,24H2,(H,27,31);2-5,8-13,16H,1,6-7,14-15H2,(H,26,30). The number of nitrogens with one attached hydrogen (secondary N) is 3. The Kier molecular flexibility index (Phi) is 11.5. The van der Waals surface area contributed by atoms with E-state index >= 15 is 0 Å². The molecule has 308 valence electrons. The summed E-state index contributed by atoms with van der Waals surface area (Å²) in [6.07, 6.45) is 10.6. The van der Waals surface area contributed by atoms with E-state index in [1.165, 1.54) is 19.3 Å². The highest BCUT2D eigenvalue weighted by Crippen LogP contribution is 2.32. The lowest BCUT2D eigenvalue weighted by Crippen LogP contribution is -2.43. The van der Waals surface area contributed by atoms with E-state index < -0.39 is 0 Å². The number of para-hydroxylation sites is 6. The van der Waals surface area contributed by atoms with Gasteiger partial charge >= 0.3 is 0 Å². The minimum atomic E-state index is -0.273. The highest BCUT2D eigenvalue weighted by molar-refractivity contribution is 6.05. The number of nitrogens with two attached hydrogens (primary N) is 1. The molecule has 6 heterocycles. The zero-order chi connectivity index (χ0) is 41.5. The number of amides is 2. The van der Waals surface area contributed by atoms with Crippen LogP contribution in [0.2, 0.25) is 0 Å². The molecule has 15 nitrogen and oxygen atoms in total. The lowest BCUT2D eigenvalue weighted by molar-refractivity contribution is 0.101. The average Bonchev–Trinajstić information content (AvgIpc) is 3.95. The smallest absolute Gasteiger partial charge is 0.274 e. The predicted octanol–water partition coefficient (Wildman–Crippen LogP) is 6.87. The molecular weight excluding hydrogens is 767 g/mol. The number of benzene rings is 4. The van der Waals surface area contributed by atoms with Crippen LogP contribution in [-0.4, -0.2) is 73.8 Å². The lowest BCUT2D eigenvalue weighted by atomic mass is 10.1. The minimum Gasteiger partial charge on any atom is -0.370 e. The molecule has 2 amide bonds. The molecule has 0 spiro atoms. The molecule has 2 saturated heterocycles. The Morgan fingerprint density at radius 2 is 1.23 bits per heavy atom. The predicted molar refractivity (Wildman–Crippen MR) is 238 cm³/mol. The van der Waals surface area contributed by atoms with Gasteiger partial charge in [-0.1, -0.05) is 60.7 Å². The van der Waals surface area contributed by atoms with Gasteiger partial charge in [-0.2, -0.15) is 9.78 Å². The molecule has 0 aliphatic carbocycles. The van der Waals surface area contributed by atoms with Crippen molar-refractivity contribution < 1.29 is 9.59 Å². The van der Waals surface area contributed by atoms with Crippen LogP contribution in [0.15, 0.2) is 128 Å². The molecule has 4 aromatic carbocycles. The molecule has 10 rings (SSSR count). The largest absolute Gasteiger partial charge is 0.370 e.